The van der Waals surface area contributed by atoms with Crippen molar-refractivity contribution in [2.75, 3.05) is 0 Å². The summed E-state index contributed by atoms with van der Waals surface area (Å²) in [6.45, 7) is 2.45. The first kappa shape index (κ1) is 19.5. The number of fused-ring (bicyclic) bond motifs is 3. The molecular formula is C25H18N6OS. The van der Waals surface area contributed by atoms with Gasteiger partial charge in [0.1, 0.15) is 5.69 Å². The van der Waals surface area contributed by atoms with Gasteiger partial charge in [0.05, 0.1) is 34.6 Å². The van der Waals surface area contributed by atoms with Crippen LogP contribution in [0.2, 0.25) is 0 Å². The third-order valence-electron chi connectivity index (χ3n) is 5.67. The van der Waals surface area contributed by atoms with Gasteiger partial charge in [0, 0.05) is 17.0 Å². The molecule has 0 N–H and O–H groups in total. The second-order valence-electron chi connectivity index (χ2n) is 7.80. The number of aromatic nitrogens is 6. The highest BCUT2D eigenvalue weighted by Gasteiger charge is 2.23. The Morgan fingerprint density at radius 1 is 0.879 bits per heavy atom. The van der Waals surface area contributed by atoms with E-state index in [-0.39, 0.29) is 5.56 Å². The minimum Gasteiger partial charge on any atom is -0.265 e. The number of hydrogen-bond donors (Lipinski definition) is 0. The monoisotopic (exact) mass is 450 g/mol. The molecule has 0 saturated carbocycles. The second kappa shape index (κ2) is 7.75. The Morgan fingerprint density at radius 3 is 2.52 bits per heavy atom. The number of rotatable bonds is 4. The molecule has 2 aromatic carbocycles. The predicted octanol–water partition coefficient (Wildman–Crippen LogP) is 4.56. The zero-order valence-corrected chi connectivity index (χ0v) is 18.5. The van der Waals surface area contributed by atoms with Gasteiger partial charge in [0.25, 0.3) is 0 Å². The molecule has 2 aromatic heterocycles. The fraction of sp³-hybridized carbons (Fsp3) is 0.0800. The van der Waals surface area contributed by atoms with E-state index in [0.717, 1.165) is 39.1 Å². The van der Waals surface area contributed by atoms with Gasteiger partial charge in [0.2, 0.25) is 0 Å². The standard InChI is InChI=1S/C25H18N6OS/c1-16-6-2-4-8-21(16)31-25(32)24-23(29-31)18-7-3-5-9-22(18)30(28-24)13-17-10-11-19(26-12-17)20-14-33-15-27-20/h2-12,14-15H,13H2,1H3. The maximum absolute atomic E-state index is 13.3. The maximum Gasteiger partial charge on any atom is 0.301 e. The summed E-state index contributed by atoms with van der Waals surface area (Å²) in [7, 11) is 0. The Labute approximate surface area is 193 Å². The lowest BCUT2D eigenvalue weighted by atomic mass is 10.1. The molecule has 160 valence electrons. The van der Waals surface area contributed by atoms with Crippen molar-refractivity contribution in [3.8, 4) is 28.5 Å². The molecule has 4 heterocycles. The van der Waals surface area contributed by atoms with Crippen LogP contribution in [0.25, 0.3) is 39.4 Å². The topological polar surface area (TPSA) is 78.5 Å². The lowest BCUT2D eigenvalue weighted by molar-refractivity contribution is 0.697. The van der Waals surface area contributed by atoms with Gasteiger partial charge in [0.15, 0.2) is 5.69 Å². The van der Waals surface area contributed by atoms with Gasteiger partial charge in [-0.05, 0) is 36.2 Å². The maximum atomic E-state index is 13.3. The van der Waals surface area contributed by atoms with E-state index in [1.165, 1.54) is 4.68 Å². The molecule has 0 fully saturated rings. The van der Waals surface area contributed by atoms with Crippen LogP contribution in [0.3, 0.4) is 0 Å². The molecular weight excluding hydrogens is 432 g/mol. The van der Waals surface area contributed by atoms with Gasteiger partial charge in [-0.15, -0.1) is 11.3 Å². The van der Waals surface area contributed by atoms with Crippen LogP contribution in [-0.4, -0.2) is 29.5 Å². The van der Waals surface area contributed by atoms with Crippen LogP contribution in [0.1, 0.15) is 11.1 Å². The lowest BCUT2D eigenvalue weighted by Gasteiger charge is -2.12. The van der Waals surface area contributed by atoms with E-state index >= 15 is 0 Å². The fourth-order valence-corrected chi connectivity index (χ4v) is 4.55. The minimum absolute atomic E-state index is 0.226. The molecule has 0 bridgehead atoms. The first-order valence-electron chi connectivity index (χ1n) is 10.5. The van der Waals surface area contributed by atoms with Gasteiger partial charge < -0.3 is 0 Å². The molecule has 7 nitrogen and oxygen atoms in total. The van der Waals surface area contributed by atoms with Crippen LogP contribution >= 0.6 is 11.3 Å². The third-order valence-corrected chi connectivity index (χ3v) is 6.26. The Morgan fingerprint density at radius 2 is 1.73 bits per heavy atom. The molecule has 0 spiro atoms. The number of benzene rings is 2. The van der Waals surface area contributed by atoms with Gasteiger partial charge in [-0.3, -0.25) is 14.5 Å². The van der Waals surface area contributed by atoms with Crippen LogP contribution in [0, 0.1) is 6.92 Å². The predicted molar refractivity (Wildman–Crippen MR) is 129 cm³/mol. The molecule has 2 aliphatic heterocycles. The number of pyridine rings is 1. The molecule has 0 saturated heterocycles. The van der Waals surface area contributed by atoms with Crippen molar-refractivity contribution in [2.45, 2.75) is 13.5 Å². The highest BCUT2D eigenvalue weighted by atomic mass is 32.1. The zero-order valence-electron chi connectivity index (χ0n) is 17.7. The summed E-state index contributed by atoms with van der Waals surface area (Å²) in [5.74, 6) is 0. The quantitative estimate of drug-likeness (QED) is 0.393. The highest BCUT2D eigenvalue weighted by Crippen LogP contribution is 2.27. The summed E-state index contributed by atoms with van der Waals surface area (Å²) in [6.07, 6.45) is 1.83. The van der Waals surface area contributed by atoms with E-state index in [4.69, 9.17) is 5.10 Å². The molecule has 0 amide bonds. The Kier molecular flexibility index (Phi) is 4.58. The van der Waals surface area contributed by atoms with E-state index in [0.29, 0.717) is 17.9 Å². The molecule has 0 aliphatic carbocycles. The van der Waals surface area contributed by atoms with E-state index in [1.54, 1.807) is 16.8 Å². The average molecular weight is 451 g/mol. The number of para-hydroxylation sites is 2. The summed E-state index contributed by atoms with van der Waals surface area (Å²) in [5, 5.41) is 12.3. The van der Waals surface area contributed by atoms with Crippen molar-refractivity contribution in [3.63, 3.8) is 0 Å². The minimum atomic E-state index is -0.226. The SMILES string of the molecule is Cc1ccccc1-n1nc2c3ccccc3n(Cc3ccc(-c4cscn4)nc3)nc-2c1=O. The molecule has 8 heteroatoms. The van der Waals surface area contributed by atoms with E-state index in [2.05, 4.69) is 15.1 Å². The number of thiazole rings is 1. The van der Waals surface area contributed by atoms with Crippen molar-refractivity contribution in [1.29, 1.82) is 0 Å². The third kappa shape index (κ3) is 3.32. The van der Waals surface area contributed by atoms with Crippen molar-refractivity contribution in [2.24, 2.45) is 0 Å². The van der Waals surface area contributed by atoms with Crippen molar-refractivity contribution >= 4 is 22.2 Å². The Bertz CT molecular complexity index is 1620. The summed E-state index contributed by atoms with van der Waals surface area (Å²) in [5.41, 5.74) is 7.85. The molecule has 4 aromatic rings. The van der Waals surface area contributed by atoms with Crippen LogP contribution in [-0.2, 0) is 6.54 Å². The zero-order chi connectivity index (χ0) is 22.4. The van der Waals surface area contributed by atoms with Gasteiger partial charge in [-0.25, -0.2) is 4.98 Å². The second-order valence-corrected chi connectivity index (χ2v) is 8.52. The first-order valence-corrected chi connectivity index (χ1v) is 11.4. The van der Waals surface area contributed by atoms with Crippen molar-refractivity contribution < 1.29 is 0 Å². The normalized spacial score (nSPS) is 11.4. The molecule has 0 atom stereocenters. The van der Waals surface area contributed by atoms with E-state index in [9.17, 15) is 4.79 Å². The molecule has 0 unspecified atom stereocenters. The van der Waals surface area contributed by atoms with Crippen molar-refractivity contribution in [1.82, 2.24) is 29.5 Å². The number of hydrogen-bond acceptors (Lipinski definition) is 6. The van der Waals surface area contributed by atoms with Crippen LogP contribution in [0.5, 0.6) is 0 Å². The fourth-order valence-electron chi connectivity index (χ4n) is 4.01. The Hall–Kier alpha value is -4.17. The van der Waals surface area contributed by atoms with Gasteiger partial charge >= 0.3 is 5.56 Å². The summed E-state index contributed by atoms with van der Waals surface area (Å²) in [6, 6.07) is 19.6. The van der Waals surface area contributed by atoms with Gasteiger partial charge in [-0.2, -0.15) is 14.9 Å². The largest absolute Gasteiger partial charge is 0.301 e. The average Bonchev–Trinajstić information content (AvgIpc) is 3.49. The first-order chi connectivity index (χ1) is 16.2. The molecule has 2 aliphatic rings. The number of nitrogens with zero attached hydrogens (tertiary/aromatic N) is 6. The van der Waals surface area contributed by atoms with Crippen molar-refractivity contribution in [3.05, 3.63) is 99.2 Å². The highest BCUT2D eigenvalue weighted by molar-refractivity contribution is 7.07. The molecule has 0 radical (unpaired) electrons. The lowest BCUT2D eigenvalue weighted by Crippen LogP contribution is -2.18. The summed E-state index contributed by atoms with van der Waals surface area (Å²) in [4.78, 5) is 22.2. The van der Waals surface area contributed by atoms with E-state index in [1.807, 2.05) is 83.8 Å². The molecule has 33 heavy (non-hydrogen) atoms. The van der Waals surface area contributed by atoms with Gasteiger partial charge in [-0.1, -0.05) is 42.5 Å². The van der Waals surface area contributed by atoms with E-state index < -0.39 is 0 Å². The molecule has 6 rings (SSSR count). The smallest absolute Gasteiger partial charge is 0.265 e. The van der Waals surface area contributed by atoms with Crippen LogP contribution in [0.4, 0.5) is 0 Å². The summed E-state index contributed by atoms with van der Waals surface area (Å²) < 4.78 is 3.30. The Balaban J connectivity index is 1.48. The summed E-state index contributed by atoms with van der Waals surface area (Å²) >= 11 is 1.54. The number of aryl methyl sites for hydroxylation is 1. The van der Waals surface area contributed by atoms with Crippen LogP contribution in [0.15, 0.2) is 82.5 Å². The van der Waals surface area contributed by atoms with Crippen LogP contribution < -0.4 is 5.56 Å².